The number of carboxylic acids is 1. The first kappa shape index (κ1) is 10.5. The van der Waals surface area contributed by atoms with Gasteiger partial charge in [-0.1, -0.05) is 0 Å². The summed E-state index contributed by atoms with van der Waals surface area (Å²) in [5.41, 5.74) is 0. The Balaban J connectivity index is 2.10. The first-order valence-electron chi connectivity index (χ1n) is 4.68. The van der Waals surface area contributed by atoms with Crippen molar-refractivity contribution in [1.29, 1.82) is 0 Å². The molecule has 0 heterocycles. The van der Waals surface area contributed by atoms with Gasteiger partial charge in [-0.05, 0) is 18.8 Å². The fraction of sp³-hybridized carbons (Fsp3) is 0.889. The molecule has 1 unspecified atom stereocenters. The molecule has 0 spiro atoms. The van der Waals surface area contributed by atoms with E-state index in [4.69, 9.17) is 9.84 Å². The van der Waals surface area contributed by atoms with Crippen molar-refractivity contribution in [1.82, 2.24) is 5.32 Å². The predicted octanol–water partition coefficient (Wildman–Crippen LogP) is 0.476. The third kappa shape index (κ3) is 4.24. The second-order valence-electron chi connectivity index (χ2n) is 3.50. The van der Waals surface area contributed by atoms with Crippen LogP contribution < -0.4 is 5.32 Å². The molecule has 1 aliphatic rings. The molecule has 0 aliphatic heterocycles. The summed E-state index contributed by atoms with van der Waals surface area (Å²) in [7, 11) is 1.67. The molecule has 1 aliphatic carbocycles. The van der Waals surface area contributed by atoms with Gasteiger partial charge in [0.1, 0.15) is 0 Å². The Hall–Kier alpha value is -0.610. The lowest BCUT2D eigenvalue weighted by Gasteiger charge is -2.16. The topological polar surface area (TPSA) is 58.6 Å². The van der Waals surface area contributed by atoms with Crippen LogP contribution in [0.5, 0.6) is 0 Å². The fourth-order valence-corrected chi connectivity index (χ4v) is 1.40. The number of rotatable bonds is 7. The highest BCUT2D eigenvalue weighted by Crippen LogP contribution is 2.32. The molecule has 0 saturated heterocycles. The normalized spacial score (nSPS) is 18.5. The summed E-state index contributed by atoms with van der Waals surface area (Å²) in [5.74, 6) is -0.0480. The molecule has 1 rings (SSSR count). The molecule has 13 heavy (non-hydrogen) atoms. The Labute approximate surface area is 78.3 Å². The first-order chi connectivity index (χ1) is 6.24. The summed E-state index contributed by atoms with van der Waals surface area (Å²) >= 11 is 0. The molecule has 0 bridgehead atoms. The van der Waals surface area contributed by atoms with Crippen LogP contribution in [0.25, 0.3) is 0 Å². The van der Waals surface area contributed by atoms with Gasteiger partial charge in [0, 0.05) is 19.7 Å². The van der Waals surface area contributed by atoms with Gasteiger partial charge in [0.15, 0.2) is 0 Å². The van der Waals surface area contributed by atoms with Crippen LogP contribution in [0.2, 0.25) is 0 Å². The molecule has 0 aromatic heterocycles. The highest BCUT2D eigenvalue weighted by Gasteiger charge is 2.30. The number of ether oxygens (including phenoxy) is 1. The second kappa shape index (κ2) is 5.19. The molecule has 76 valence electrons. The summed E-state index contributed by atoms with van der Waals surface area (Å²) in [6.45, 7) is 1.23. The molecule has 0 aromatic rings. The monoisotopic (exact) mass is 187 g/mol. The van der Waals surface area contributed by atoms with Crippen LogP contribution in [0, 0.1) is 5.92 Å². The van der Waals surface area contributed by atoms with E-state index in [1.165, 1.54) is 12.8 Å². The summed E-state index contributed by atoms with van der Waals surface area (Å²) in [5, 5.41) is 11.6. The molecule has 0 radical (unpaired) electrons. The molecule has 1 saturated carbocycles. The summed E-state index contributed by atoms with van der Waals surface area (Å²) in [4.78, 5) is 10.3. The van der Waals surface area contributed by atoms with Crippen molar-refractivity contribution in [2.75, 3.05) is 20.3 Å². The van der Waals surface area contributed by atoms with Gasteiger partial charge in [0.05, 0.1) is 13.0 Å². The van der Waals surface area contributed by atoms with Gasteiger partial charge in [-0.3, -0.25) is 4.79 Å². The Kier molecular flexibility index (Phi) is 4.18. The van der Waals surface area contributed by atoms with E-state index in [9.17, 15) is 4.79 Å². The van der Waals surface area contributed by atoms with Crippen molar-refractivity contribution in [3.8, 4) is 0 Å². The van der Waals surface area contributed by atoms with Crippen molar-refractivity contribution >= 4 is 5.97 Å². The van der Waals surface area contributed by atoms with Gasteiger partial charge in [-0.2, -0.15) is 0 Å². The average molecular weight is 187 g/mol. The number of hydrogen-bond donors (Lipinski definition) is 2. The van der Waals surface area contributed by atoms with Crippen LogP contribution >= 0.6 is 0 Å². The van der Waals surface area contributed by atoms with Crippen LogP contribution in [0.4, 0.5) is 0 Å². The molecule has 0 amide bonds. The van der Waals surface area contributed by atoms with E-state index in [0.717, 1.165) is 0 Å². The average Bonchev–Trinajstić information content (AvgIpc) is 2.84. The third-order valence-electron chi connectivity index (χ3n) is 2.28. The van der Waals surface area contributed by atoms with E-state index in [2.05, 4.69) is 5.32 Å². The quantitative estimate of drug-likeness (QED) is 0.608. The Bertz CT molecular complexity index is 168. The zero-order chi connectivity index (χ0) is 9.68. The molecule has 1 fully saturated rings. The number of carbonyl (C=O) groups is 1. The minimum atomic E-state index is -0.750. The van der Waals surface area contributed by atoms with Gasteiger partial charge in [0.25, 0.3) is 0 Å². The van der Waals surface area contributed by atoms with Crippen LogP contribution in [0.3, 0.4) is 0 Å². The minimum absolute atomic E-state index is 0.187. The number of nitrogens with one attached hydrogen (secondary N) is 1. The lowest BCUT2D eigenvalue weighted by Crippen LogP contribution is -2.36. The Morgan fingerprint density at radius 1 is 1.69 bits per heavy atom. The van der Waals surface area contributed by atoms with E-state index in [0.29, 0.717) is 25.1 Å². The third-order valence-corrected chi connectivity index (χ3v) is 2.28. The minimum Gasteiger partial charge on any atom is -0.481 e. The summed E-state index contributed by atoms with van der Waals surface area (Å²) in [6, 6.07) is 0.351. The molecule has 4 heteroatoms. The molecular formula is C9H17NO3. The Morgan fingerprint density at radius 2 is 2.38 bits per heavy atom. The van der Waals surface area contributed by atoms with Crippen molar-refractivity contribution in [2.45, 2.75) is 25.3 Å². The zero-order valence-corrected chi connectivity index (χ0v) is 7.95. The molecule has 4 nitrogen and oxygen atoms in total. The van der Waals surface area contributed by atoms with Crippen molar-refractivity contribution in [3.63, 3.8) is 0 Å². The lowest BCUT2D eigenvalue weighted by atomic mass is 10.2. The van der Waals surface area contributed by atoms with E-state index >= 15 is 0 Å². The van der Waals surface area contributed by atoms with Crippen LogP contribution in [0.1, 0.15) is 19.3 Å². The van der Waals surface area contributed by atoms with Gasteiger partial charge >= 0.3 is 5.97 Å². The van der Waals surface area contributed by atoms with E-state index in [-0.39, 0.29) is 6.42 Å². The summed E-state index contributed by atoms with van der Waals surface area (Å²) in [6.07, 6.45) is 2.68. The van der Waals surface area contributed by atoms with Crippen LogP contribution in [-0.4, -0.2) is 37.4 Å². The van der Waals surface area contributed by atoms with Crippen molar-refractivity contribution < 1.29 is 14.6 Å². The van der Waals surface area contributed by atoms with Gasteiger partial charge in [-0.25, -0.2) is 0 Å². The SMILES string of the molecule is COCC(NCCC(=O)O)C1CC1. The fourth-order valence-electron chi connectivity index (χ4n) is 1.40. The molecule has 2 N–H and O–H groups in total. The largest absolute Gasteiger partial charge is 0.481 e. The highest BCUT2D eigenvalue weighted by atomic mass is 16.5. The Morgan fingerprint density at radius 3 is 2.85 bits per heavy atom. The van der Waals surface area contributed by atoms with Gasteiger partial charge in [0.2, 0.25) is 0 Å². The van der Waals surface area contributed by atoms with Crippen LogP contribution in [-0.2, 0) is 9.53 Å². The van der Waals surface area contributed by atoms with Crippen LogP contribution in [0.15, 0.2) is 0 Å². The molecule has 0 aromatic carbocycles. The summed E-state index contributed by atoms with van der Waals surface area (Å²) < 4.78 is 5.05. The maximum absolute atomic E-state index is 10.3. The number of aliphatic carboxylic acids is 1. The smallest absolute Gasteiger partial charge is 0.304 e. The number of methoxy groups -OCH3 is 1. The number of carboxylic acid groups (broad SMARTS) is 1. The highest BCUT2D eigenvalue weighted by molar-refractivity contribution is 5.66. The van der Waals surface area contributed by atoms with Gasteiger partial charge in [-0.15, -0.1) is 0 Å². The standard InChI is InChI=1S/C9H17NO3/c1-13-6-8(7-2-3-7)10-5-4-9(11)12/h7-8,10H,2-6H2,1H3,(H,11,12). The van der Waals surface area contributed by atoms with E-state index in [1.807, 2.05) is 0 Å². The zero-order valence-electron chi connectivity index (χ0n) is 7.95. The van der Waals surface area contributed by atoms with E-state index in [1.54, 1.807) is 7.11 Å². The van der Waals surface area contributed by atoms with Gasteiger partial charge < -0.3 is 15.2 Å². The van der Waals surface area contributed by atoms with Crippen molar-refractivity contribution in [3.05, 3.63) is 0 Å². The maximum atomic E-state index is 10.3. The second-order valence-corrected chi connectivity index (χ2v) is 3.50. The number of hydrogen-bond acceptors (Lipinski definition) is 3. The molecule has 1 atom stereocenters. The maximum Gasteiger partial charge on any atom is 0.304 e. The molecular weight excluding hydrogens is 170 g/mol. The van der Waals surface area contributed by atoms with Crippen molar-refractivity contribution in [2.24, 2.45) is 5.92 Å². The predicted molar refractivity (Wildman–Crippen MR) is 48.6 cm³/mol. The van der Waals surface area contributed by atoms with E-state index < -0.39 is 5.97 Å². The lowest BCUT2D eigenvalue weighted by molar-refractivity contribution is -0.136. The first-order valence-corrected chi connectivity index (χ1v) is 4.68.